The first kappa shape index (κ1) is 15.9. The molecule has 0 aliphatic carbocycles. The first-order chi connectivity index (χ1) is 7.88. The largest absolute Gasteiger partial charge is 0.462 e. The van der Waals surface area contributed by atoms with Gasteiger partial charge in [0.05, 0.1) is 12.2 Å². The molecule has 17 heavy (non-hydrogen) atoms. The van der Waals surface area contributed by atoms with Crippen molar-refractivity contribution in [2.75, 3.05) is 6.61 Å². The molecule has 0 aliphatic rings. The number of esters is 1. The smallest absolute Gasteiger partial charge is 0.341 e. The summed E-state index contributed by atoms with van der Waals surface area (Å²) in [5.41, 5.74) is 0.210. The van der Waals surface area contributed by atoms with E-state index >= 15 is 0 Å². The molecule has 0 aromatic heterocycles. The lowest BCUT2D eigenvalue weighted by molar-refractivity contribution is -0.141. The summed E-state index contributed by atoms with van der Waals surface area (Å²) in [4.78, 5) is 23.4. The molecule has 0 fully saturated rings. The van der Waals surface area contributed by atoms with Gasteiger partial charge in [-0.1, -0.05) is 40.7 Å². The number of Topliss-reactive ketones (excluding diaryl/α,β-unsaturated/α-hetero) is 1. The molecule has 3 heteroatoms. The first-order valence-corrected chi connectivity index (χ1v) is 6.28. The van der Waals surface area contributed by atoms with Crippen LogP contribution in [0.25, 0.3) is 0 Å². The van der Waals surface area contributed by atoms with Crippen molar-refractivity contribution in [3.63, 3.8) is 0 Å². The topological polar surface area (TPSA) is 43.4 Å². The van der Waals surface area contributed by atoms with Gasteiger partial charge in [0.15, 0.2) is 5.78 Å². The molecule has 0 aliphatic heterocycles. The van der Waals surface area contributed by atoms with Crippen LogP contribution in [0.3, 0.4) is 0 Å². The molecule has 0 amide bonds. The van der Waals surface area contributed by atoms with Gasteiger partial charge in [-0.2, -0.15) is 0 Å². The SMILES string of the molecule is CCC(=O)C(=CCC(C)C)C(=O)OCC(C)C. The predicted octanol–water partition coefficient (Wildman–Crippen LogP) is 3.14. The van der Waals surface area contributed by atoms with Crippen molar-refractivity contribution in [2.24, 2.45) is 11.8 Å². The Kier molecular flexibility index (Phi) is 7.51. The van der Waals surface area contributed by atoms with E-state index in [0.717, 1.165) is 6.42 Å². The molecule has 0 saturated carbocycles. The maximum Gasteiger partial charge on any atom is 0.341 e. The van der Waals surface area contributed by atoms with E-state index in [2.05, 4.69) is 0 Å². The van der Waals surface area contributed by atoms with Crippen molar-refractivity contribution >= 4 is 11.8 Å². The monoisotopic (exact) mass is 240 g/mol. The summed E-state index contributed by atoms with van der Waals surface area (Å²) in [5, 5.41) is 0. The minimum absolute atomic E-state index is 0.139. The fraction of sp³-hybridized carbons (Fsp3) is 0.714. The quantitative estimate of drug-likeness (QED) is 0.297. The highest BCUT2D eigenvalue weighted by Gasteiger charge is 2.18. The lowest BCUT2D eigenvalue weighted by Gasteiger charge is -2.09. The van der Waals surface area contributed by atoms with Crippen LogP contribution < -0.4 is 0 Å². The summed E-state index contributed by atoms with van der Waals surface area (Å²) < 4.78 is 5.09. The summed E-state index contributed by atoms with van der Waals surface area (Å²) in [6, 6.07) is 0. The number of hydrogen-bond acceptors (Lipinski definition) is 3. The number of carbonyl (C=O) groups excluding carboxylic acids is 2. The Morgan fingerprint density at radius 2 is 1.71 bits per heavy atom. The van der Waals surface area contributed by atoms with E-state index in [1.165, 1.54) is 0 Å². The van der Waals surface area contributed by atoms with Crippen LogP contribution in [0.15, 0.2) is 11.6 Å². The molecule has 0 saturated heterocycles. The average molecular weight is 240 g/mol. The second kappa shape index (κ2) is 8.04. The van der Waals surface area contributed by atoms with Crippen LogP contribution in [0.5, 0.6) is 0 Å². The lowest BCUT2D eigenvalue weighted by Crippen LogP contribution is -2.18. The minimum Gasteiger partial charge on any atom is -0.462 e. The third-order valence-electron chi connectivity index (χ3n) is 2.18. The molecule has 0 aromatic carbocycles. The van der Waals surface area contributed by atoms with Crippen molar-refractivity contribution in [3.8, 4) is 0 Å². The third-order valence-corrected chi connectivity index (χ3v) is 2.18. The van der Waals surface area contributed by atoms with E-state index in [9.17, 15) is 9.59 Å². The maximum atomic E-state index is 11.7. The summed E-state index contributed by atoms with van der Waals surface area (Å²) in [5.74, 6) is 0.0835. The molecular formula is C14H24O3. The number of ether oxygens (including phenoxy) is 1. The number of carbonyl (C=O) groups is 2. The number of rotatable bonds is 7. The van der Waals surface area contributed by atoms with E-state index in [1.807, 2.05) is 27.7 Å². The zero-order valence-electron chi connectivity index (χ0n) is 11.6. The lowest BCUT2D eigenvalue weighted by atomic mass is 10.0. The predicted molar refractivity (Wildman–Crippen MR) is 68.6 cm³/mol. The van der Waals surface area contributed by atoms with Gasteiger partial charge in [-0.05, 0) is 18.3 Å². The fourth-order valence-corrected chi connectivity index (χ4v) is 1.18. The highest BCUT2D eigenvalue weighted by atomic mass is 16.5. The van der Waals surface area contributed by atoms with Crippen molar-refractivity contribution in [3.05, 3.63) is 11.6 Å². The summed E-state index contributed by atoms with van der Waals surface area (Å²) >= 11 is 0. The Labute approximate surface area is 104 Å². The highest BCUT2D eigenvalue weighted by Crippen LogP contribution is 2.10. The molecule has 3 nitrogen and oxygen atoms in total. The molecule has 0 rings (SSSR count). The van der Waals surface area contributed by atoms with Gasteiger partial charge in [0.2, 0.25) is 0 Å². The third kappa shape index (κ3) is 6.93. The van der Waals surface area contributed by atoms with Crippen molar-refractivity contribution in [1.82, 2.24) is 0 Å². The first-order valence-electron chi connectivity index (χ1n) is 6.28. The standard InChI is InChI=1S/C14H24O3/c1-6-13(15)12(8-7-10(2)3)14(16)17-9-11(4)5/h8,10-11H,6-7,9H2,1-5H3. The molecule has 0 aromatic rings. The van der Waals surface area contributed by atoms with Crippen LogP contribution in [-0.2, 0) is 14.3 Å². The van der Waals surface area contributed by atoms with Crippen LogP contribution >= 0.6 is 0 Å². The van der Waals surface area contributed by atoms with Gasteiger partial charge in [0.1, 0.15) is 0 Å². The maximum absolute atomic E-state index is 11.7. The highest BCUT2D eigenvalue weighted by molar-refractivity contribution is 6.17. The second-order valence-electron chi connectivity index (χ2n) is 5.02. The minimum atomic E-state index is -0.480. The van der Waals surface area contributed by atoms with Crippen LogP contribution in [0.2, 0.25) is 0 Å². The Balaban J connectivity index is 4.62. The molecule has 0 heterocycles. The Morgan fingerprint density at radius 3 is 2.12 bits per heavy atom. The molecule has 0 radical (unpaired) electrons. The van der Waals surface area contributed by atoms with Crippen LogP contribution in [-0.4, -0.2) is 18.4 Å². The normalized spacial score (nSPS) is 12.1. The van der Waals surface area contributed by atoms with Gasteiger partial charge in [-0.3, -0.25) is 4.79 Å². The van der Waals surface area contributed by atoms with Crippen molar-refractivity contribution in [1.29, 1.82) is 0 Å². The van der Waals surface area contributed by atoms with Gasteiger partial charge in [0.25, 0.3) is 0 Å². The van der Waals surface area contributed by atoms with Gasteiger partial charge in [0, 0.05) is 6.42 Å². The Hall–Kier alpha value is -1.12. The van der Waals surface area contributed by atoms with E-state index < -0.39 is 5.97 Å². The van der Waals surface area contributed by atoms with Gasteiger partial charge in [-0.15, -0.1) is 0 Å². The van der Waals surface area contributed by atoms with Crippen LogP contribution in [0.4, 0.5) is 0 Å². The zero-order valence-corrected chi connectivity index (χ0v) is 11.6. The van der Waals surface area contributed by atoms with Gasteiger partial charge < -0.3 is 4.74 Å². The summed E-state index contributed by atoms with van der Waals surface area (Å²) in [6.07, 6.45) is 2.76. The summed E-state index contributed by atoms with van der Waals surface area (Å²) in [7, 11) is 0. The number of allylic oxidation sites excluding steroid dienone is 1. The van der Waals surface area contributed by atoms with Crippen LogP contribution in [0, 0.1) is 11.8 Å². The molecular weight excluding hydrogens is 216 g/mol. The summed E-state index contributed by atoms with van der Waals surface area (Å²) in [6.45, 7) is 10.1. The van der Waals surface area contributed by atoms with E-state index in [4.69, 9.17) is 4.74 Å². The van der Waals surface area contributed by atoms with Crippen molar-refractivity contribution < 1.29 is 14.3 Å². The van der Waals surface area contributed by atoms with Crippen LogP contribution in [0.1, 0.15) is 47.5 Å². The van der Waals surface area contributed by atoms with Gasteiger partial charge >= 0.3 is 5.97 Å². The number of hydrogen-bond donors (Lipinski definition) is 0. The number of ketones is 1. The molecule has 0 unspecified atom stereocenters. The van der Waals surface area contributed by atoms with Gasteiger partial charge in [-0.25, -0.2) is 4.79 Å². The molecule has 0 N–H and O–H groups in total. The molecule has 0 spiro atoms. The second-order valence-corrected chi connectivity index (χ2v) is 5.02. The Morgan fingerprint density at radius 1 is 1.12 bits per heavy atom. The average Bonchev–Trinajstić information content (AvgIpc) is 2.25. The van der Waals surface area contributed by atoms with E-state index in [0.29, 0.717) is 18.9 Å². The van der Waals surface area contributed by atoms with Crippen molar-refractivity contribution in [2.45, 2.75) is 47.5 Å². The Bertz CT molecular complexity index is 288. The molecule has 0 bridgehead atoms. The van der Waals surface area contributed by atoms with E-state index in [1.54, 1.807) is 13.0 Å². The fourth-order valence-electron chi connectivity index (χ4n) is 1.18. The van der Waals surface area contributed by atoms with E-state index in [-0.39, 0.29) is 17.3 Å². The molecule has 0 atom stereocenters. The molecule has 98 valence electrons. The zero-order chi connectivity index (χ0) is 13.4.